The van der Waals surface area contributed by atoms with Crippen LogP contribution in [0.1, 0.15) is 33.6 Å². The Morgan fingerprint density at radius 2 is 2.10 bits per heavy atom. The molecule has 0 aromatic heterocycles. The normalized spacial score (nSPS) is 18.6. The Morgan fingerprint density at radius 3 is 2.62 bits per heavy atom. The van der Waals surface area contributed by atoms with Crippen LogP contribution < -0.4 is 15.5 Å². The number of amides is 1. The average Bonchev–Trinajstić information content (AvgIpc) is 2.50. The molecule has 2 N–H and O–H groups in total. The molecule has 21 heavy (non-hydrogen) atoms. The van der Waals surface area contributed by atoms with E-state index in [0.29, 0.717) is 6.04 Å². The lowest BCUT2D eigenvalue weighted by molar-refractivity contribution is -0.120. The first-order chi connectivity index (χ1) is 10.1. The highest BCUT2D eigenvalue weighted by atomic mass is 16.1. The van der Waals surface area contributed by atoms with Crippen molar-refractivity contribution in [3.8, 4) is 0 Å². The van der Waals surface area contributed by atoms with Gasteiger partial charge in [-0.05, 0) is 64.4 Å². The van der Waals surface area contributed by atoms with Crippen molar-refractivity contribution in [3.63, 3.8) is 0 Å². The largest absolute Gasteiger partial charge is 0.369 e. The van der Waals surface area contributed by atoms with E-state index in [1.165, 1.54) is 5.69 Å². The second-order valence-electron chi connectivity index (χ2n) is 5.96. The lowest BCUT2D eigenvalue weighted by atomic mass is 9.99. The van der Waals surface area contributed by atoms with Gasteiger partial charge in [-0.1, -0.05) is 0 Å². The third kappa shape index (κ3) is 4.21. The SMILES string of the molecule is CCN(c1ccc(NC(=O)C2CCCNC2)cc1)C(C)C. The number of benzene rings is 1. The van der Waals surface area contributed by atoms with Gasteiger partial charge in [-0.25, -0.2) is 0 Å². The molecule has 1 aromatic rings. The predicted molar refractivity (Wildman–Crippen MR) is 88.8 cm³/mol. The molecule has 116 valence electrons. The van der Waals surface area contributed by atoms with Crippen molar-refractivity contribution in [1.29, 1.82) is 0 Å². The number of carbonyl (C=O) groups is 1. The fourth-order valence-electron chi connectivity index (χ4n) is 2.90. The maximum absolute atomic E-state index is 12.2. The fraction of sp³-hybridized carbons (Fsp3) is 0.588. The van der Waals surface area contributed by atoms with Crippen LogP contribution in [0.25, 0.3) is 0 Å². The highest BCUT2D eigenvalue weighted by molar-refractivity contribution is 5.92. The maximum atomic E-state index is 12.2. The van der Waals surface area contributed by atoms with Crippen molar-refractivity contribution in [3.05, 3.63) is 24.3 Å². The zero-order chi connectivity index (χ0) is 15.2. The summed E-state index contributed by atoms with van der Waals surface area (Å²) in [4.78, 5) is 14.5. The summed E-state index contributed by atoms with van der Waals surface area (Å²) >= 11 is 0. The lowest BCUT2D eigenvalue weighted by Crippen LogP contribution is -2.37. The predicted octanol–water partition coefficient (Wildman–Crippen LogP) is 2.86. The number of hydrogen-bond donors (Lipinski definition) is 2. The summed E-state index contributed by atoms with van der Waals surface area (Å²) in [5.74, 6) is 0.229. The van der Waals surface area contributed by atoms with Crippen LogP contribution in [-0.4, -0.2) is 31.6 Å². The van der Waals surface area contributed by atoms with Crippen LogP contribution in [0.5, 0.6) is 0 Å². The summed E-state index contributed by atoms with van der Waals surface area (Å²) in [6.45, 7) is 9.34. The van der Waals surface area contributed by atoms with Crippen LogP contribution in [0, 0.1) is 5.92 Å². The van der Waals surface area contributed by atoms with E-state index in [-0.39, 0.29) is 11.8 Å². The number of nitrogens with one attached hydrogen (secondary N) is 2. The first kappa shape index (κ1) is 15.8. The molecule has 1 atom stereocenters. The number of nitrogens with zero attached hydrogens (tertiary/aromatic N) is 1. The van der Waals surface area contributed by atoms with Gasteiger partial charge in [0.25, 0.3) is 0 Å². The van der Waals surface area contributed by atoms with Crippen LogP contribution in [0.4, 0.5) is 11.4 Å². The van der Waals surface area contributed by atoms with E-state index in [9.17, 15) is 4.79 Å². The van der Waals surface area contributed by atoms with Gasteiger partial charge in [0.15, 0.2) is 0 Å². The summed E-state index contributed by atoms with van der Waals surface area (Å²) in [5.41, 5.74) is 2.08. The van der Waals surface area contributed by atoms with Gasteiger partial charge in [0, 0.05) is 30.5 Å². The standard InChI is InChI=1S/C17H27N3O/c1-4-20(13(2)3)16-9-7-15(8-10-16)19-17(21)14-6-5-11-18-12-14/h7-10,13-14,18H,4-6,11-12H2,1-3H3,(H,19,21). The van der Waals surface area contributed by atoms with Crippen molar-refractivity contribution in [2.45, 2.75) is 39.7 Å². The number of anilines is 2. The molecule has 1 amide bonds. The van der Waals surface area contributed by atoms with E-state index >= 15 is 0 Å². The van der Waals surface area contributed by atoms with Gasteiger partial charge in [-0.3, -0.25) is 4.79 Å². The Balaban J connectivity index is 1.97. The third-order valence-corrected chi connectivity index (χ3v) is 4.10. The number of hydrogen-bond acceptors (Lipinski definition) is 3. The molecule has 1 unspecified atom stereocenters. The van der Waals surface area contributed by atoms with Crippen molar-refractivity contribution >= 4 is 17.3 Å². The molecule has 1 aliphatic rings. The Hall–Kier alpha value is -1.55. The number of rotatable bonds is 5. The molecule has 0 spiro atoms. The van der Waals surface area contributed by atoms with Crippen molar-refractivity contribution in [2.24, 2.45) is 5.92 Å². The molecule has 0 saturated carbocycles. The molecule has 0 bridgehead atoms. The molecule has 0 aliphatic carbocycles. The van der Waals surface area contributed by atoms with Gasteiger partial charge in [0.05, 0.1) is 5.92 Å². The first-order valence-corrected chi connectivity index (χ1v) is 8.00. The molecular formula is C17H27N3O. The second-order valence-corrected chi connectivity index (χ2v) is 5.96. The first-order valence-electron chi connectivity index (χ1n) is 8.00. The van der Waals surface area contributed by atoms with Crippen LogP contribution in [0.2, 0.25) is 0 Å². The Kier molecular flexibility index (Phi) is 5.62. The molecule has 1 aliphatic heterocycles. The van der Waals surface area contributed by atoms with Gasteiger partial charge < -0.3 is 15.5 Å². The molecule has 4 heteroatoms. The molecule has 1 heterocycles. The fourth-order valence-corrected chi connectivity index (χ4v) is 2.90. The van der Waals surface area contributed by atoms with Crippen molar-refractivity contribution < 1.29 is 4.79 Å². The van der Waals surface area contributed by atoms with Gasteiger partial charge in [0.2, 0.25) is 5.91 Å². The topological polar surface area (TPSA) is 44.4 Å². The second kappa shape index (κ2) is 7.46. The van der Waals surface area contributed by atoms with Gasteiger partial charge in [0.1, 0.15) is 0 Å². The van der Waals surface area contributed by atoms with Crippen LogP contribution in [0.15, 0.2) is 24.3 Å². The highest BCUT2D eigenvalue weighted by Gasteiger charge is 2.20. The van der Waals surface area contributed by atoms with Crippen LogP contribution in [0.3, 0.4) is 0 Å². The van der Waals surface area contributed by atoms with E-state index in [1.54, 1.807) is 0 Å². The quantitative estimate of drug-likeness (QED) is 0.876. The highest BCUT2D eigenvalue weighted by Crippen LogP contribution is 2.21. The molecule has 1 aromatic carbocycles. The molecule has 4 nitrogen and oxygen atoms in total. The summed E-state index contributed by atoms with van der Waals surface area (Å²) in [6, 6.07) is 8.63. The minimum Gasteiger partial charge on any atom is -0.369 e. The van der Waals surface area contributed by atoms with Crippen molar-refractivity contribution in [2.75, 3.05) is 29.9 Å². The lowest BCUT2D eigenvalue weighted by Gasteiger charge is -2.27. The average molecular weight is 289 g/mol. The monoisotopic (exact) mass is 289 g/mol. The zero-order valence-electron chi connectivity index (χ0n) is 13.4. The van der Waals surface area contributed by atoms with Crippen molar-refractivity contribution in [1.82, 2.24) is 5.32 Å². The molecule has 2 rings (SSSR count). The summed E-state index contributed by atoms with van der Waals surface area (Å²) in [5, 5.41) is 6.31. The third-order valence-electron chi connectivity index (χ3n) is 4.10. The Bertz CT molecular complexity index is 450. The smallest absolute Gasteiger partial charge is 0.228 e. The summed E-state index contributed by atoms with van der Waals surface area (Å²) in [6.07, 6.45) is 2.06. The molecule has 0 radical (unpaired) electrons. The van der Waals surface area contributed by atoms with Gasteiger partial charge >= 0.3 is 0 Å². The maximum Gasteiger partial charge on any atom is 0.228 e. The number of piperidine rings is 1. The Labute approximate surface area is 127 Å². The van der Waals surface area contributed by atoms with E-state index in [2.05, 4.69) is 48.4 Å². The molecule has 1 fully saturated rings. The van der Waals surface area contributed by atoms with Gasteiger partial charge in [-0.15, -0.1) is 0 Å². The minimum atomic E-state index is 0.0984. The van der Waals surface area contributed by atoms with Crippen LogP contribution >= 0.6 is 0 Å². The van der Waals surface area contributed by atoms with E-state index < -0.39 is 0 Å². The zero-order valence-corrected chi connectivity index (χ0v) is 13.4. The number of carbonyl (C=O) groups excluding carboxylic acids is 1. The minimum absolute atomic E-state index is 0.0984. The van der Waals surface area contributed by atoms with E-state index in [0.717, 1.165) is 38.2 Å². The van der Waals surface area contributed by atoms with E-state index in [1.807, 2.05) is 12.1 Å². The van der Waals surface area contributed by atoms with E-state index in [4.69, 9.17) is 0 Å². The molecular weight excluding hydrogens is 262 g/mol. The van der Waals surface area contributed by atoms with Gasteiger partial charge in [-0.2, -0.15) is 0 Å². The summed E-state index contributed by atoms with van der Waals surface area (Å²) in [7, 11) is 0. The summed E-state index contributed by atoms with van der Waals surface area (Å²) < 4.78 is 0. The van der Waals surface area contributed by atoms with Crippen LogP contribution in [-0.2, 0) is 4.79 Å². The Morgan fingerprint density at radius 1 is 1.38 bits per heavy atom. The molecule has 1 saturated heterocycles.